The van der Waals surface area contributed by atoms with E-state index in [1.807, 2.05) is 6.92 Å². The van der Waals surface area contributed by atoms with E-state index in [1.54, 1.807) is 17.0 Å². The number of carbonyl (C=O) groups is 1. The molecular formula is C15H21FN2O. The van der Waals surface area contributed by atoms with Gasteiger partial charge in [-0.1, -0.05) is 12.8 Å². The summed E-state index contributed by atoms with van der Waals surface area (Å²) in [6.07, 6.45) is 3.94. The largest absolute Gasteiger partial charge is 0.327 e. The average Bonchev–Trinajstić information content (AvgIpc) is 2.42. The highest BCUT2D eigenvalue weighted by Gasteiger charge is 2.31. The summed E-state index contributed by atoms with van der Waals surface area (Å²) in [7, 11) is 0. The van der Waals surface area contributed by atoms with Crippen molar-refractivity contribution in [1.82, 2.24) is 0 Å². The summed E-state index contributed by atoms with van der Waals surface area (Å²) < 4.78 is 12.9. The number of amides is 1. The Bertz CT molecular complexity index is 432. The van der Waals surface area contributed by atoms with Crippen LogP contribution in [0.2, 0.25) is 0 Å². The molecule has 19 heavy (non-hydrogen) atoms. The van der Waals surface area contributed by atoms with Gasteiger partial charge < -0.3 is 10.6 Å². The first-order valence-corrected chi connectivity index (χ1v) is 6.96. The van der Waals surface area contributed by atoms with Crippen LogP contribution in [-0.4, -0.2) is 18.5 Å². The molecule has 104 valence electrons. The third kappa shape index (κ3) is 3.13. The van der Waals surface area contributed by atoms with E-state index in [0.29, 0.717) is 6.54 Å². The van der Waals surface area contributed by atoms with Crippen molar-refractivity contribution in [2.45, 2.75) is 38.6 Å². The second kappa shape index (κ2) is 6.15. The highest BCUT2D eigenvalue weighted by Crippen LogP contribution is 2.27. The zero-order chi connectivity index (χ0) is 13.8. The third-order valence-electron chi connectivity index (χ3n) is 3.86. The SMILES string of the molecule is CCN(C(=O)C1CCCCC1N)c1ccc(F)cc1. The van der Waals surface area contributed by atoms with Crippen molar-refractivity contribution in [3.8, 4) is 0 Å². The molecule has 2 rings (SSSR count). The molecule has 1 aromatic rings. The maximum Gasteiger partial charge on any atom is 0.231 e. The molecule has 0 bridgehead atoms. The Kier molecular flexibility index (Phi) is 4.53. The minimum Gasteiger partial charge on any atom is -0.327 e. The Morgan fingerprint density at radius 3 is 2.53 bits per heavy atom. The van der Waals surface area contributed by atoms with Crippen molar-refractivity contribution >= 4 is 11.6 Å². The number of nitrogens with zero attached hydrogens (tertiary/aromatic N) is 1. The predicted octanol–water partition coefficient (Wildman–Crippen LogP) is 2.70. The van der Waals surface area contributed by atoms with Gasteiger partial charge in [0.05, 0.1) is 5.92 Å². The van der Waals surface area contributed by atoms with Crippen LogP contribution >= 0.6 is 0 Å². The van der Waals surface area contributed by atoms with Crippen LogP contribution in [0.4, 0.5) is 10.1 Å². The number of nitrogens with two attached hydrogens (primary N) is 1. The molecule has 2 N–H and O–H groups in total. The maximum atomic E-state index is 12.9. The van der Waals surface area contributed by atoms with E-state index in [-0.39, 0.29) is 23.7 Å². The van der Waals surface area contributed by atoms with Crippen LogP contribution in [0, 0.1) is 11.7 Å². The number of carbonyl (C=O) groups excluding carboxylic acids is 1. The summed E-state index contributed by atoms with van der Waals surface area (Å²) in [6.45, 7) is 2.50. The molecule has 1 aromatic carbocycles. The monoisotopic (exact) mass is 264 g/mol. The number of anilines is 1. The third-order valence-corrected chi connectivity index (χ3v) is 3.86. The first kappa shape index (κ1) is 14.0. The number of benzene rings is 1. The molecular weight excluding hydrogens is 243 g/mol. The van der Waals surface area contributed by atoms with Crippen molar-refractivity contribution in [3.05, 3.63) is 30.1 Å². The van der Waals surface area contributed by atoms with Gasteiger partial charge in [0.15, 0.2) is 0 Å². The molecule has 3 nitrogen and oxygen atoms in total. The van der Waals surface area contributed by atoms with E-state index < -0.39 is 0 Å². The van der Waals surface area contributed by atoms with Crippen LogP contribution in [0.1, 0.15) is 32.6 Å². The van der Waals surface area contributed by atoms with Crippen molar-refractivity contribution in [2.24, 2.45) is 11.7 Å². The zero-order valence-corrected chi connectivity index (χ0v) is 11.3. The van der Waals surface area contributed by atoms with Crippen LogP contribution in [0.3, 0.4) is 0 Å². The Morgan fingerprint density at radius 2 is 1.95 bits per heavy atom. The normalized spacial score (nSPS) is 23.1. The van der Waals surface area contributed by atoms with Crippen molar-refractivity contribution in [2.75, 3.05) is 11.4 Å². The van der Waals surface area contributed by atoms with Gasteiger partial charge in [0.1, 0.15) is 5.82 Å². The van der Waals surface area contributed by atoms with Crippen LogP contribution < -0.4 is 10.6 Å². The van der Waals surface area contributed by atoms with Crippen molar-refractivity contribution in [1.29, 1.82) is 0 Å². The summed E-state index contributed by atoms with van der Waals surface area (Å²) in [4.78, 5) is 14.3. The fraction of sp³-hybridized carbons (Fsp3) is 0.533. The van der Waals surface area contributed by atoms with Crippen molar-refractivity contribution < 1.29 is 9.18 Å². The van der Waals surface area contributed by atoms with Crippen LogP contribution in [0.25, 0.3) is 0 Å². The highest BCUT2D eigenvalue weighted by atomic mass is 19.1. The molecule has 4 heteroatoms. The molecule has 1 aliphatic rings. The lowest BCUT2D eigenvalue weighted by atomic mass is 9.84. The van der Waals surface area contributed by atoms with E-state index >= 15 is 0 Å². The molecule has 0 aliphatic heterocycles. The van der Waals surface area contributed by atoms with E-state index in [4.69, 9.17) is 5.73 Å². The lowest BCUT2D eigenvalue weighted by molar-refractivity contribution is -0.123. The van der Waals surface area contributed by atoms with E-state index in [9.17, 15) is 9.18 Å². The molecule has 0 heterocycles. The van der Waals surface area contributed by atoms with Crippen molar-refractivity contribution in [3.63, 3.8) is 0 Å². The topological polar surface area (TPSA) is 46.3 Å². The molecule has 1 saturated carbocycles. The first-order valence-electron chi connectivity index (χ1n) is 6.96. The summed E-state index contributed by atoms with van der Waals surface area (Å²) in [6, 6.07) is 6.00. The quantitative estimate of drug-likeness (QED) is 0.912. The molecule has 2 unspecified atom stereocenters. The van der Waals surface area contributed by atoms with Crippen LogP contribution in [0.5, 0.6) is 0 Å². The highest BCUT2D eigenvalue weighted by molar-refractivity contribution is 5.95. The van der Waals surface area contributed by atoms with Gasteiger partial charge in [0.2, 0.25) is 5.91 Å². The number of rotatable bonds is 3. The number of hydrogen-bond donors (Lipinski definition) is 1. The van der Waals surface area contributed by atoms with Gasteiger partial charge in [-0.05, 0) is 44.0 Å². The lowest BCUT2D eigenvalue weighted by Crippen LogP contribution is -2.45. The molecule has 0 aromatic heterocycles. The second-order valence-electron chi connectivity index (χ2n) is 5.11. The van der Waals surface area contributed by atoms with Gasteiger partial charge >= 0.3 is 0 Å². The van der Waals surface area contributed by atoms with Gasteiger partial charge in [-0.15, -0.1) is 0 Å². The Hall–Kier alpha value is -1.42. The Balaban J connectivity index is 2.16. The predicted molar refractivity (Wildman–Crippen MR) is 74.4 cm³/mol. The minimum atomic E-state index is -0.290. The van der Waals surface area contributed by atoms with Crippen LogP contribution in [0.15, 0.2) is 24.3 Å². The molecule has 1 amide bonds. The first-order chi connectivity index (χ1) is 9.13. The minimum absolute atomic E-state index is 0.0456. The summed E-state index contributed by atoms with van der Waals surface area (Å²) in [5.74, 6) is -0.318. The van der Waals surface area contributed by atoms with Crippen LogP contribution in [-0.2, 0) is 4.79 Å². The second-order valence-corrected chi connectivity index (χ2v) is 5.11. The fourth-order valence-corrected chi connectivity index (χ4v) is 2.75. The molecule has 2 atom stereocenters. The average molecular weight is 264 g/mol. The van der Waals surface area contributed by atoms with Gasteiger partial charge in [-0.25, -0.2) is 4.39 Å². The van der Waals surface area contributed by atoms with E-state index in [0.717, 1.165) is 31.4 Å². The fourth-order valence-electron chi connectivity index (χ4n) is 2.75. The van der Waals surface area contributed by atoms with Gasteiger partial charge in [0.25, 0.3) is 0 Å². The molecule has 1 aliphatic carbocycles. The molecule has 1 fully saturated rings. The summed E-state index contributed by atoms with van der Waals surface area (Å²) in [5.41, 5.74) is 6.81. The van der Waals surface area contributed by atoms with E-state index in [1.165, 1.54) is 12.1 Å². The lowest BCUT2D eigenvalue weighted by Gasteiger charge is -2.32. The zero-order valence-electron chi connectivity index (χ0n) is 11.3. The molecule has 0 radical (unpaired) electrons. The van der Waals surface area contributed by atoms with Gasteiger partial charge in [0, 0.05) is 18.3 Å². The Labute approximate surface area is 113 Å². The standard InChI is InChI=1S/C15H21FN2O/c1-2-18(12-9-7-11(16)8-10-12)15(19)13-5-3-4-6-14(13)17/h7-10,13-14H,2-6,17H2,1H3. The molecule has 0 spiro atoms. The summed E-state index contributed by atoms with van der Waals surface area (Å²) >= 11 is 0. The van der Waals surface area contributed by atoms with Gasteiger partial charge in [-0.3, -0.25) is 4.79 Å². The summed E-state index contributed by atoms with van der Waals surface area (Å²) in [5, 5.41) is 0. The maximum absolute atomic E-state index is 12.9. The van der Waals surface area contributed by atoms with E-state index in [2.05, 4.69) is 0 Å². The molecule has 0 saturated heterocycles. The smallest absolute Gasteiger partial charge is 0.231 e. The number of hydrogen-bond acceptors (Lipinski definition) is 2. The number of halogens is 1. The van der Waals surface area contributed by atoms with Gasteiger partial charge in [-0.2, -0.15) is 0 Å². The Morgan fingerprint density at radius 1 is 1.32 bits per heavy atom.